The summed E-state index contributed by atoms with van der Waals surface area (Å²) >= 11 is 0. The van der Waals surface area contributed by atoms with Gasteiger partial charge in [0.15, 0.2) is 0 Å². The summed E-state index contributed by atoms with van der Waals surface area (Å²) in [5, 5.41) is 54.8. The fourth-order valence-electron chi connectivity index (χ4n) is 4.66. The summed E-state index contributed by atoms with van der Waals surface area (Å²) in [4.78, 5) is 75.5. The number of carbonyl (C=O) groups is 5. The van der Waals surface area contributed by atoms with Gasteiger partial charge in [-0.3, -0.25) is 24.0 Å². The molecule has 0 aromatic rings. The molecule has 0 aromatic heterocycles. The highest BCUT2D eigenvalue weighted by Crippen LogP contribution is 2.23. The quantitative estimate of drug-likeness (QED) is 0.0243. The van der Waals surface area contributed by atoms with Crippen molar-refractivity contribution < 1.29 is 127 Å². The Balaban J connectivity index is 6.66. The molecule has 5 N–H and O–H groups in total. The average Bonchev–Trinajstić information content (AvgIpc) is 3.24. The molecule has 4 atom stereocenters. The van der Waals surface area contributed by atoms with E-state index < -0.39 is 59.7 Å². The van der Waals surface area contributed by atoms with Crippen LogP contribution in [0.3, 0.4) is 0 Å². The molecule has 26 heteroatoms. The molecule has 0 saturated carbocycles. The number of hydrogen-bond acceptors (Lipinski definition) is 21. The molecule has 0 bridgehead atoms. The molecule has 0 spiro atoms. The van der Waals surface area contributed by atoms with Gasteiger partial charge in [-0.1, -0.05) is 22.2 Å². The van der Waals surface area contributed by atoms with Gasteiger partial charge in [0.05, 0.1) is 143 Å². The SMILES string of the molecule is C=CCOOOCC(COCC(COCC(COC)OCCC(=O)O)(COCC(COCCC(=O)O)OCCC(=O)O)COCC(COCCC(=O)O)OCCC(=O)O)OOOCC=C. The smallest absolute Gasteiger partial charge is 0.305 e. The molecule has 65 heavy (non-hydrogen) atoms. The number of ether oxygens (including phenoxy) is 10. The van der Waals surface area contributed by atoms with Crippen molar-refractivity contribution in [1.29, 1.82) is 0 Å². The molecule has 0 aliphatic carbocycles. The van der Waals surface area contributed by atoms with E-state index in [0.717, 1.165) is 0 Å². The van der Waals surface area contributed by atoms with Crippen LogP contribution in [-0.4, -0.2) is 212 Å². The summed E-state index contributed by atoms with van der Waals surface area (Å²) in [6.07, 6.45) is -2.30. The first kappa shape index (κ1) is 61.2. The Morgan fingerprint density at radius 3 is 1.15 bits per heavy atom. The van der Waals surface area contributed by atoms with E-state index in [1.165, 1.54) is 19.3 Å². The Morgan fingerprint density at radius 2 is 0.785 bits per heavy atom. The molecular weight excluding hydrogens is 884 g/mol. The van der Waals surface area contributed by atoms with Crippen LogP contribution >= 0.6 is 0 Å². The highest BCUT2D eigenvalue weighted by Gasteiger charge is 2.35. The Morgan fingerprint density at radius 1 is 0.446 bits per heavy atom. The number of hydrogen-bond donors (Lipinski definition) is 5. The molecule has 0 aliphatic heterocycles. The van der Waals surface area contributed by atoms with Gasteiger partial charge in [-0.25, -0.2) is 14.7 Å². The average molecular weight is 951 g/mol. The second kappa shape index (κ2) is 41.6. The van der Waals surface area contributed by atoms with E-state index in [1.807, 2.05) is 0 Å². The fraction of sp³-hybridized carbons (Fsp3) is 0.769. The number of aliphatic carboxylic acids is 5. The van der Waals surface area contributed by atoms with Crippen LogP contribution in [0.5, 0.6) is 0 Å². The Bertz CT molecular complexity index is 1220. The summed E-state index contributed by atoms with van der Waals surface area (Å²) < 4.78 is 57.7. The maximum Gasteiger partial charge on any atom is 0.305 e. The largest absolute Gasteiger partial charge is 0.481 e. The van der Waals surface area contributed by atoms with E-state index >= 15 is 0 Å². The van der Waals surface area contributed by atoms with Crippen molar-refractivity contribution in [2.75, 3.05) is 133 Å². The third-order valence-electron chi connectivity index (χ3n) is 7.68. The standard InChI is InChI=1S/C39H66O26/c1-4-11-60-64-62-25-33(63-65-61-12-5-2)24-56-29-39(26-53-21-30(18-50-3)57-15-8-36(44)45,27-54-22-31(58-16-9-37(46)47)19-51-13-6-34(40)41)28-55-23-32(59-17-10-38(48)49)20-52-14-7-35(42)43/h4-5,30-33H,1-2,6-29H2,3H3,(H,40,41)(H,42,43)(H,44,45)(H,46,47)(H,48,49). The van der Waals surface area contributed by atoms with Crippen molar-refractivity contribution in [2.24, 2.45) is 5.41 Å². The normalized spacial score (nSPS) is 14.2. The molecule has 0 heterocycles. The Hall–Kier alpha value is -3.81. The van der Waals surface area contributed by atoms with Crippen molar-refractivity contribution >= 4 is 29.8 Å². The molecule has 0 rings (SSSR count). The van der Waals surface area contributed by atoms with Gasteiger partial charge in [0.2, 0.25) is 0 Å². The molecule has 26 nitrogen and oxygen atoms in total. The first-order valence-electron chi connectivity index (χ1n) is 20.2. The highest BCUT2D eigenvalue weighted by molar-refractivity contribution is 5.67. The summed E-state index contributed by atoms with van der Waals surface area (Å²) in [6.45, 7) is 3.64. The van der Waals surface area contributed by atoms with E-state index in [2.05, 4.69) is 18.2 Å². The maximum atomic E-state index is 11.2. The van der Waals surface area contributed by atoms with E-state index in [0.29, 0.717) is 0 Å². The van der Waals surface area contributed by atoms with Crippen LogP contribution in [0.15, 0.2) is 25.3 Å². The monoisotopic (exact) mass is 950 g/mol. The zero-order valence-electron chi connectivity index (χ0n) is 36.7. The Labute approximate surface area is 376 Å². The van der Waals surface area contributed by atoms with Crippen LogP contribution in [-0.2, 0) is 101 Å². The molecule has 0 aromatic carbocycles. The van der Waals surface area contributed by atoms with Crippen molar-refractivity contribution in [3.05, 3.63) is 25.3 Å². The van der Waals surface area contributed by atoms with Gasteiger partial charge in [-0.05, 0) is 0 Å². The summed E-state index contributed by atoms with van der Waals surface area (Å²) in [5.41, 5.74) is -1.29. The molecule has 4 unspecified atom stereocenters. The molecular formula is C39H66O26. The number of rotatable bonds is 51. The molecule has 0 saturated heterocycles. The van der Waals surface area contributed by atoms with Crippen molar-refractivity contribution in [1.82, 2.24) is 0 Å². The first-order chi connectivity index (χ1) is 31.2. The first-order valence-corrected chi connectivity index (χ1v) is 20.2. The zero-order chi connectivity index (χ0) is 48.4. The lowest BCUT2D eigenvalue weighted by atomic mass is 9.92. The highest BCUT2D eigenvalue weighted by atomic mass is 17.5. The summed E-state index contributed by atoms with van der Waals surface area (Å²) in [5.74, 6) is -5.53. The van der Waals surface area contributed by atoms with Crippen molar-refractivity contribution in [3.8, 4) is 0 Å². The van der Waals surface area contributed by atoms with Crippen LogP contribution in [0, 0.1) is 5.41 Å². The van der Waals surface area contributed by atoms with Gasteiger partial charge in [-0.15, -0.1) is 13.2 Å². The molecule has 0 fully saturated rings. The third kappa shape index (κ3) is 39.1. The van der Waals surface area contributed by atoms with Crippen molar-refractivity contribution in [2.45, 2.75) is 56.5 Å². The zero-order valence-corrected chi connectivity index (χ0v) is 36.7. The predicted molar refractivity (Wildman–Crippen MR) is 215 cm³/mol. The van der Waals surface area contributed by atoms with Gasteiger partial charge in [-0.2, -0.15) is 4.89 Å². The minimum atomic E-state index is -1.29. The minimum absolute atomic E-state index is 0.000835. The predicted octanol–water partition coefficient (Wildman–Crippen LogP) is 0.748. The van der Waals surface area contributed by atoms with Crippen LogP contribution in [0.4, 0.5) is 0 Å². The van der Waals surface area contributed by atoms with Crippen LogP contribution < -0.4 is 0 Å². The third-order valence-corrected chi connectivity index (χ3v) is 7.68. The topological polar surface area (TPSA) is 334 Å². The van der Waals surface area contributed by atoms with E-state index in [4.69, 9.17) is 97.5 Å². The lowest BCUT2D eigenvalue weighted by Crippen LogP contribution is -2.45. The fourth-order valence-corrected chi connectivity index (χ4v) is 4.66. The molecule has 0 amide bonds. The number of carboxylic acids is 5. The summed E-state index contributed by atoms with van der Waals surface area (Å²) in [7, 11) is 1.42. The van der Waals surface area contributed by atoms with Crippen LogP contribution in [0.25, 0.3) is 0 Å². The second-order valence-electron chi connectivity index (χ2n) is 13.6. The van der Waals surface area contributed by atoms with Crippen LogP contribution in [0.1, 0.15) is 32.1 Å². The van der Waals surface area contributed by atoms with Crippen molar-refractivity contribution in [3.63, 3.8) is 0 Å². The van der Waals surface area contributed by atoms with E-state index in [1.54, 1.807) is 0 Å². The number of methoxy groups -OCH3 is 1. The molecule has 0 aliphatic rings. The molecule has 378 valence electrons. The maximum absolute atomic E-state index is 11.2. The van der Waals surface area contributed by atoms with Gasteiger partial charge >= 0.3 is 29.8 Å². The van der Waals surface area contributed by atoms with Crippen LogP contribution in [0.2, 0.25) is 0 Å². The lowest BCUT2D eigenvalue weighted by Gasteiger charge is -2.34. The van der Waals surface area contributed by atoms with Gasteiger partial charge in [0.25, 0.3) is 0 Å². The summed E-state index contributed by atoms with van der Waals surface area (Å²) in [6, 6.07) is 0. The van der Waals surface area contributed by atoms with Gasteiger partial charge in [0.1, 0.15) is 44.2 Å². The second-order valence-corrected chi connectivity index (χ2v) is 13.6. The van der Waals surface area contributed by atoms with E-state index in [-0.39, 0.29) is 158 Å². The minimum Gasteiger partial charge on any atom is -0.481 e. The van der Waals surface area contributed by atoms with Gasteiger partial charge < -0.3 is 72.9 Å². The Kier molecular flexibility index (Phi) is 39.2. The number of carboxylic acid groups (broad SMARTS) is 5. The molecule has 0 radical (unpaired) electrons. The van der Waals surface area contributed by atoms with Gasteiger partial charge in [0, 0.05) is 7.11 Å². The lowest BCUT2D eigenvalue weighted by molar-refractivity contribution is -0.548. The van der Waals surface area contributed by atoms with E-state index in [9.17, 15) is 24.0 Å².